The minimum absolute atomic E-state index is 0.0954. The van der Waals surface area contributed by atoms with Crippen LogP contribution in [-0.4, -0.2) is 68.9 Å². The molecule has 0 amide bonds. The van der Waals surface area contributed by atoms with E-state index in [1.54, 1.807) is 0 Å². The van der Waals surface area contributed by atoms with Crippen LogP contribution in [0.5, 0.6) is 0 Å². The molecular weight excluding hydrogens is 364 g/mol. The summed E-state index contributed by atoms with van der Waals surface area (Å²) in [5, 5.41) is -1.38. The van der Waals surface area contributed by atoms with Crippen LogP contribution in [0.4, 0.5) is 0 Å². The summed E-state index contributed by atoms with van der Waals surface area (Å²) >= 11 is 0. The summed E-state index contributed by atoms with van der Waals surface area (Å²) < 4.78 is 95.1. The van der Waals surface area contributed by atoms with Gasteiger partial charge in [-0.15, -0.1) is 0 Å². The van der Waals surface area contributed by atoms with Gasteiger partial charge in [-0.3, -0.25) is 13.7 Å². The Hall–Kier alpha value is -0.310. The molecule has 0 saturated heterocycles. The van der Waals surface area contributed by atoms with Crippen LogP contribution in [0.3, 0.4) is 0 Å². The van der Waals surface area contributed by atoms with Crippen molar-refractivity contribution in [3.05, 3.63) is 0 Å². The van der Waals surface area contributed by atoms with Gasteiger partial charge in [0, 0.05) is 13.2 Å². The summed E-state index contributed by atoms with van der Waals surface area (Å²) in [4.78, 5) is 0. The first-order chi connectivity index (χ1) is 9.81. The molecule has 22 heavy (non-hydrogen) atoms. The molecule has 0 aromatic heterocycles. The van der Waals surface area contributed by atoms with E-state index >= 15 is 0 Å². The molecule has 0 heterocycles. The second kappa shape index (κ2) is 9.10. The van der Waals surface area contributed by atoms with E-state index in [9.17, 15) is 25.3 Å². The molecule has 13 heteroatoms. The number of hydrogen-bond acceptors (Lipinski definition) is 7. The molecule has 10 nitrogen and oxygen atoms in total. The minimum atomic E-state index is -4.47. The SMILES string of the molecule is O=S(=O)(O)CCCCOCCC(CCS(=O)(=O)O)S(=O)(=O)O. The zero-order valence-electron chi connectivity index (χ0n) is 11.7. The predicted molar refractivity (Wildman–Crippen MR) is 77.5 cm³/mol. The van der Waals surface area contributed by atoms with Gasteiger partial charge in [-0.1, -0.05) is 0 Å². The van der Waals surface area contributed by atoms with Crippen molar-refractivity contribution >= 4 is 30.4 Å². The molecule has 0 aromatic carbocycles. The zero-order valence-corrected chi connectivity index (χ0v) is 14.1. The lowest BCUT2D eigenvalue weighted by atomic mass is 10.2. The van der Waals surface area contributed by atoms with Crippen LogP contribution >= 0.6 is 0 Å². The summed E-state index contributed by atoms with van der Waals surface area (Å²) in [6.45, 7) is 0.0216. The van der Waals surface area contributed by atoms with Gasteiger partial charge in [-0.05, 0) is 25.7 Å². The second-order valence-electron chi connectivity index (χ2n) is 4.61. The van der Waals surface area contributed by atoms with Crippen molar-refractivity contribution in [2.45, 2.75) is 30.9 Å². The summed E-state index contributed by atoms with van der Waals surface area (Å²) in [6, 6.07) is 0. The molecule has 0 rings (SSSR count). The molecule has 0 spiro atoms. The summed E-state index contributed by atoms with van der Waals surface area (Å²) in [6.07, 6.45) is -0.152. The monoisotopic (exact) mass is 384 g/mol. The highest BCUT2D eigenvalue weighted by Crippen LogP contribution is 2.11. The average Bonchev–Trinajstić information content (AvgIpc) is 2.27. The molecule has 0 aliphatic heterocycles. The molecule has 0 fully saturated rings. The third kappa shape index (κ3) is 13.4. The fourth-order valence-corrected chi connectivity index (χ4v) is 3.64. The van der Waals surface area contributed by atoms with Gasteiger partial charge < -0.3 is 4.74 Å². The maximum atomic E-state index is 11.1. The lowest BCUT2D eigenvalue weighted by Crippen LogP contribution is -2.25. The normalized spacial score (nSPS) is 14.9. The Bertz CT molecular complexity index is 619. The van der Waals surface area contributed by atoms with E-state index in [1.165, 1.54) is 0 Å². The standard InChI is InChI=1S/C9H20O10S3/c10-20(11,12)7-2-1-5-19-6-3-9(22(16,17)18)4-8-21(13,14)15/h9H,1-8H2,(H,10,11,12)(H,13,14,15)(H,16,17,18). The topological polar surface area (TPSA) is 172 Å². The van der Waals surface area contributed by atoms with Gasteiger partial charge in [-0.2, -0.15) is 25.3 Å². The van der Waals surface area contributed by atoms with Gasteiger partial charge >= 0.3 is 0 Å². The first-order valence-electron chi connectivity index (χ1n) is 6.25. The van der Waals surface area contributed by atoms with Crippen LogP contribution < -0.4 is 0 Å². The lowest BCUT2D eigenvalue weighted by Gasteiger charge is -2.13. The summed E-state index contributed by atoms with van der Waals surface area (Å²) in [7, 11) is -12.8. The highest BCUT2D eigenvalue weighted by molar-refractivity contribution is 7.87. The van der Waals surface area contributed by atoms with Gasteiger partial charge in [0.1, 0.15) is 0 Å². The smallest absolute Gasteiger partial charge is 0.267 e. The Kier molecular flexibility index (Phi) is 8.97. The van der Waals surface area contributed by atoms with Crippen molar-refractivity contribution in [2.75, 3.05) is 24.7 Å². The van der Waals surface area contributed by atoms with Crippen LogP contribution in [0.15, 0.2) is 0 Å². The molecule has 0 aliphatic rings. The Balaban J connectivity index is 4.06. The van der Waals surface area contributed by atoms with Crippen LogP contribution in [0.2, 0.25) is 0 Å². The first-order valence-corrected chi connectivity index (χ1v) is 11.0. The van der Waals surface area contributed by atoms with Gasteiger partial charge in [-0.25, -0.2) is 0 Å². The number of ether oxygens (including phenoxy) is 1. The van der Waals surface area contributed by atoms with Gasteiger partial charge in [0.05, 0.1) is 16.8 Å². The first kappa shape index (κ1) is 21.7. The van der Waals surface area contributed by atoms with Crippen molar-refractivity contribution < 1.29 is 43.6 Å². The van der Waals surface area contributed by atoms with Crippen LogP contribution in [0.1, 0.15) is 25.7 Å². The molecule has 3 N–H and O–H groups in total. The molecule has 0 bridgehead atoms. The van der Waals surface area contributed by atoms with Gasteiger partial charge in [0.2, 0.25) is 0 Å². The van der Waals surface area contributed by atoms with Crippen molar-refractivity contribution in [1.29, 1.82) is 0 Å². The predicted octanol–water partition coefficient (Wildman–Crippen LogP) is -0.405. The van der Waals surface area contributed by atoms with E-state index in [1.807, 2.05) is 0 Å². The quantitative estimate of drug-likeness (QED) is 0.297. The van der Waals surface area contributed by atoms with E-state index in [0.717, 1.165) is 0 Å². The Labute approximate surface area is 130 Å². The highest BCUT2D eigenvalue weighted by Gasteiger charge is 2.24. The molecule has 0 saturated carbocycles. The van der Waals surface area contributed by atoms with E-state index in [4.69, 9.17) is 18.4 Å². The van der Waals surface area contributed by atoms with E-state index in [-0.39, 0.29) is 26.1 Å². The van der Waals surface area contributed by atoms with E-state index in [0.29, 0.717) is 6.42 Å². The van der Waals surface area contributed by atoms with Crippen molar-refractivity contribution in [3.8, 4) is 0 Å². The molecule has 1 unspecified atom stereocenters. The lowest BCUT2D eigenvalue weighted by molar-refractivity contribution is 0.127. The van der Waals surface area contributed by atoms with E-state index < -0.39 is 53.5 Å². The van der Waals surface area contributed by atoms with Crippen molar-refractivity contribution in [1.82, 2.24) is 0 Å². The fourth-order valence-electron chi connectivity index (χ4n) is 1.53. The Morgan fingerprint density at radius 1 is 0.727 bits per heavy atom. The largest absolute Gasteiger partial charge is 0.381 e. The Morgan fingerprint density at radius 2 is 1.27 bits per heavy atom. The number of hydrogen-bond donors (Lipinski definition) is 3. The van der Waals surface area contributed by atoms with Crippen LogP contribution in [0.25, 0.3) is 0 Å². The van der Waals surface area contributed by atoms with Crippen molar-refractivity contribution in [3.63, 3.8) is 0 Å². The molecule has 0 aliphatic carbocycles. The van der Waals surface area contributed by atoms with Gasteiger partial charge in [0.15, 0.2) is 0 Å². The molecule has 0 aromatic rings. The molecule has 134 valence electrons. The van der Waals surface area contributed by atoms with E-state index in [2.05, 4.69) is 0 Å². The maximum Gasteiger partial charge on any atom is 0.267 e. The fraction of sp³-hybridized carbons (Fsp3) is 1.00. The maximum absolute atomic E-state index is 11.1. The summed E-state index contributed by atoms with van der Waals surface area (Å²) in [5.74, 6) is -1.20. The average molecular weight is 384 g/mol. The van der Waals surface area contributed by atoms with Crippen LogP contribution in [-0.2, 0) is 35.1 Å². The number of rotatable bonds is 12. The minimum Gasteiger partial charge on any atom is -0.381 e. The highest BCUT2D eigenvalue weighted by atomic mass is 32.2. The second-order valence-corrected chi connectivity index (χ2v) is 9.45. The van der Waals surface area contributed by atoms with Crippen LogP contribution in [0, 0.1) is 0 Å². The molecular formula is C9H20O10S3. The van der Waals surface area contributed by atoms with Crippen molar-refractivity contribution in [2.24, 2.45) is 0 Å². The van der Waals surface area contributed by atoms with Gasteiger partial charge in [0.25, 0.3) is 30.4 Å². The molecule has 1 atom stereocenters. The Morgan fingerprint density at radius 3 is 1.73 bits per heavy atom. The molecule has 0 radical (unpaired) electrons. The third-order valence-corrected chi connectivity index (χ3v) is 5.51. The third-order valence-electron chi connectivity index (χ3n) is 2.64. The summed E-state index contributed by atoms with van der Waals surface area (Å²) in [5.41, 5.74) is 0. The number of unbranched alkanes of at least 4 members (excludes halogenated alkanes) is 1. The zero-order chi connectivity index (χ0) is 17.4.